The van der Waals surface area contributed by atoms with Gasteiger partial charge in [0.1, 0.15) is 5.75 Å². The molecule has 14 heteroatoms. The molecule has 100 valence electrons. The van der Waals surface area contributed by atoms with Crippen molar-refractivity contribution < 1.29 is 83.1 Å². The molecular formula is C6H6O5P2S4Zn3. The SMILES string of the molecule is Oc1ccccc1.[O-]P([O-])(=S)[S-].[O-]P([O-])(=S)[S-].[Zn+2].[Zn+2].[Zn+2]. The quantitative estimate of drug-likeness (QED) is 0.233. The van der Waals surface area contributed by atoms with Crippen LogP contribution >= 0.6 is 11.4 Å². The van der Waals surface area contributed by atoms with Crippen molar-refractivity contribution >= 4 is 59.5 Å². The minimum atomic E-state index is -3.72. The molecule has 0 heterocycles. The fraction of sp³-hybridized carbons (Fsp3) is 0. The van der Waals surface area contributed by atoms with Gasteiger partial charge in [0.05, 0.1) is 0 Å². The van der Waals surface area contributed by atoms with Gasteiger partial charge in [-0.15, -0.1) is 0 Å². The first kappa shape index (κ1) is 34.1. The Kier molecular flexibility index (Phi) is 30.9. The Morgan fingerprint density at radius 1 is 0.800 bits per heavy atom. The van der Waals surface area contributed by atoms with Crippen LogP contribution in [0.2, 0.25) is 0 Å². The molecule has 0 unspecified atom stereocenters. The molecular weight excluding hydrogens is 538 g/mol. The number of hydrogen-bond donors (Lipinski definition) is 1. The summed E-state index contributed by atoms with van der Waals surface area (Å²) in [5.41, 5.74) is -7.44. The van der Waals surface area contributed by atoms with Gasteiger partial charge in [0.15, 0.2) is 0 Å². The number of benzene rings is 1. The minimum Gasteiger partial charge on any atom is -0.850 e. The zero-order valence-electron chi connectivity index (χ0n) is 10.1. The number of rotatable bonds is 0. The third kappa shape index (κ3) is 70.1. The predicted molar refractivity (Wildman–Crippen MR) is 71.4 cm³/mol. The number of phenols is 1. The van der Waals surface area contributed by atoms with E-state index < -0.39 is 11.4 Å². The molecule has 0 saturated carbocycles. The van der Waals surface area contributed by atoms with E-state index in [0.717, 1.165) is 0 Å². The zero-order valence-corrected chi connectivity index (χ0v) is 24.1. The van der Waals surface area contributed by atoms with Crippen molar-refractivity contribution in [3.8, 4) is 5.75 Å². The van der Waals surface area contributed by atoms with Gasteiger partial charge in [-0.2, -0.15) is 23.6 Å². The molecule has 1 N–H and O–H groups in total. The van der Waals surface area contributed by atoms with Crippen molar-refractivity contribution in [3.05, 3.63) is 30.3 Å². The van der Waals surface area contributed by atoms with Gasteiger partial charge in [-0.25, -0.2) is 0 Å². The van der Waals surface area contributed by atoms with Crippen molar-refractivity contribution in [2.45, 2.75) is 0 Å². The van der Waals surface area contributed by atoms with Crippen LogP contribution in [0.15, 0.2) is 30.3 Å². The second-order valence-corrected chi connectivity index (χ2v) is 11.2. The summed E-state index contributed by atoms with van der Waals surface area (Å²) in [5, 5.41) is 8.63. The van der Waals surface area contributed by atoms with E-state index in [4.69, 9.17) is 5.11 Å². The topological polar surface area (TPSA) is 112 Å². The second-order valence-electron chi connectivity index (χ2n) is 2.23. The van der Waals surface area contributed by atoms with Crippen LogP contribution in [0, 0.1) is 0 Å². The van der Waals surface area contributed by atoms with E-state index >= 15 is 0 Å². The molecule has 0 spiro atoms. The average molecular weight is 544 g/mol. The van der Waals surface area contributed by atoms with E-state index in [1.807, 2.05) is 6.07 Å². The zero-order chi connectivity index (χ0) is 14.1. The van der Waals surface area contributed by atoms with Crippen molar-refractivity contribution in [2.75, 3.05) is 0 Å². The standard InChI is InChI=1S/C6H6O.2H3O2PS2.3Zn/c7-6-4-2-1-3-5-6;2*1-3(2,4)5;;;/h1-5,7H;2*(H3,1,2,4,5);;;/q;;;3*+2/p-6. The van der Waals surface area contributed by atoms with Gasteiger partial charge in [0.25, 0.3) is 0 Å². The van der Waals surface area contributed by atoms with E-state index in [9.17, 15) is 19.6 Å². The molecule has 20 heavy (non-hydrogen) atoms. The van der Waals surface area contributed by atoms with Crippen molar-refractivity contribution in [1.29, 1.82) is 0 Å². The Morgan fingerprint density at radius 2 is 1.00 bits per heavy atom. The van der Waals surface area contributed by atoms with Crippen molar-refractivity contribution in [2.24, 2.45) is 0 Å². The van der Waals surface area contributed by atoms with E-state index in [2.05, 4.69) is 48.1 Å². The Labute approximate surface area is 176 Å². The van der Waals surface area contributed by atoms with Gasteiger partial charge in [-0.1, -0.05) is 18.2 Å². The van der Waals surface area contributed by atoms with E-state index in [1.165, 1.54) is 0 Å². The van der Waals surface area contributed by atoms with Gasteiger partial charge < -0.3 is 60.6 Å². The molecule has 0 atom stereocenters. The van der Waals surface area contributed by atoms with E-state index in [-0.39, 0.29) is 58.4 Å². The largest absolute Gasteiger partial charge is 2.00 e. The molecule has 0 amide bonds. The molecule has 1 rings (SSSR count). The van der Waals surface area contributed by atoms with E-state index in [0.29, 0.717) is 5.75 Å². The summed E-state index contributed by atoms with van der Waals surface area (Å²) in [6, 6.07) is 8.71. The van der Waals surface area contributed by atoms with Crippen LogP contribution in [-0.2, 0) is 107 Å². The molecule has 1 aromatic rings. The van der Waals surface area contributed by atoms with E-state index in [1.54, 1.807) is 24.3 Å². The molecule has 0 radical (unpaired) electrons. The predicted octanol–water partition coefficient (Wildman–Crippen LogP) is -1.66. The Hall–Kier alpha value is 2.73. The first-order valence-electron chi connectivity index (χ1n) is 3.59. The van der Waals surface area contributed by atoms with Gasteiger partial charge in [-0.3, -0.25) is 0 Å². The molecule has 0 aromatic heterocycles. The fourth-order valence-corrected chi connectivity index (χ4v) is 0.428. The summed E-state index contributed by atoms with van der Waals surface area (Å²) < 4.78 is 0. The number of aromatic hydroxyl groups is 1. The third-order valence-electron chi connectivity index (χ3n) is 0.756. The van der Waals surface area contributed by atoms with Gasteiger partial charge in [0.2, 0.25) is 0 Å². The maximum atomic E-state index is 9.29. The molecule has 5 nitrogen and oxygen atoms in total. The van der Waals surface area contributed by atoms with Crippen molar-refractivity contribution in [3.63, 3.8) is 0 Å². The second kappa shape index (κ2) is 18.1. The first-order valence-corrected chi connectivity index (χ1v) is 10.9. The van der Waals surface area contributed by atoms with Crippen LogP contribution < -0.4 is 19.6 Å². The van der Waals surface area contributed by atoms with Crippen LogP contribution in [0.4, 0.5) is 0 Å². The summed E-state index contributed by atoms with van der Waals surface area (Å²) in [6.07, 6.45) is 0. The van der Waals surface area contributed by atoms with Crippen LogP contribution in [-0.4, -0.2) is 5.11 Å². The smallest absolute Gasteiger partial charge is 0.850 e. The molecule has 0 aliphatic carbocycles. The number of hydrogen-bond acceptors (Lipinski definition) is 9. The Bertz CT molecular complexity index is 364. The summed E-state index contributed by atoms with van der Waals surface area (Å²) in [4.78, 5) is 37.2. The summed E-state index contributed by atoms with van der Waals surface area (Å²) >= 11 is 14.6. The van der Waals surface area contributed by atoms with Crippen LogP contribution in [0.3, 0.4) is 0 Å². The molecule has 0 saturated heterocycles. The monoisotopic (exact) mass is 540 g/mol. The minimum absolute atomic E-state index is 0. The molecule has 0 bridgehead atoms. The average Bonchev–Trinajstić information content (AvgIpc) is 1.98. The van der Waals surface area contributed by atoms with Crippen molar-refractivity contribution in [1.82, 2.24) is 0 Å². The summed E-state index contributed by atoms with van der Waals surface area (Å²) in [7, 11) is 0. The van der Waals surface area contributed by atoms with Gasteiger partial charge in [-0.05, 0) is 12.1 Å². The molecule has 1 aromatic carbocycles. The molecule has 0 aliphatic heterocycles. The van der Waals surface area contributed by atoms with Gasteiger partial charge >= 0.3 is 58.4 Å². The fourth-order valence-electron chi connectivity index (χ4n) is 0.428. The third-order valence-corrected chi connectivity index (χ3v) is 0.756. The number of para-hydroxylation sites is 1. The molecule has 0 fully saturated rings. The Morgan fingerprint density at radius 3 is 1.10 bits per heavy atom. The normalized spacial score (nSPS) is 8.90. The maximum Gasteiger partial charge on any atom is 2.00 e. The number of phenolic OH excluding ortho intramolecular Hbond substituents is 1. The maximum absolute atomic E-state index is 9.29. The van der Waals surface area contributed by atoms with Gasteiger partial charge in [0, 0.05) is 0 Å². The molecule has 0 aliphatic rings. The van der Waals surface area contributed by atoms with Crippen LogP contribution in [0.25, 0.3) is 0 Å². The first-order chi connectivity index (χ1) is 7.39. The van der Waals surface area contributed by atoms with Crippen LogP contribution in [0.1, 0.15) is 0 Å². The Balaban J connectivity index is -0.0000000536. The van der Waals surface area contributed by atoms with Crippen LogP contribution in [0.5, 0.6) is 5.75 Å². The summed E-state index contributed by atoms with van der Waals surface area (Å²) in [5.74, 6) is 0.322. The summed E-state index contributed by atoms with van der Waals surface area (Å²) in [6.45, 7) is 0.